The first-order valence-electron chi connectivity index (χ1n) is 8.34. The number of benzene rings is 2. The molecule has 1 saturated heterocycles. The van der Waals surface area contributed by atoms with Gasteiger partial charge in [-0.2, -0.15) is 0 Å². The summed E-state index contributed by atoms with van der Waals surface area (Å²) in [5, 5.41) is 15.2. The van der Waals surface area contributed by atoms with Crippen molar-refractivity contribution in [1.82, 2.24) is 10.2 Å². The Morgan fingerprint density at radius 3 is 2.46 bits per heavy atom. The molecule has 0 unspecified atom stereocenters. The van der Waals surface area contributed by atoms with Gasteiger partial charge in [-0.05, 0) is 37.5 Å². The number of piperidine rings is 1. The fraction of sp³-hybridized carbons (Fsp3) is 0.263. The number of anilines is 3. The normalized spacial score (nSPS) is 14.8. The van der Waals surface area contributed by atoms with Crippen molar-refractivity contribution in [1.29, 1.82) is 0 Å². The predicted octanol–water partition coefficient (Wildman–Crippen LogP) is 5.02. The van der Waals surface area contributed by atoms with Crippen molar-refractivity contribution in [2.45, 2.75) is 19.3 Å². The monoisotopic (exact) mass is 338 g/mol. The topological polar surface area (TPSA) is 41.1 Å². The molecule has 24 heavy (non-hydrogen) atoms. The maximum Gasteiger partial charge on any atom is 0.161 e. The third kappa shape index (κ3) is 3.02. The van der Waals surface area contributed by atoms with Crippen LogP contribution in [0.25, 0.3) is 10.8 Å². The second-order valence-corrected chi connectivity index (χ2v) is 6.54. The van der Waals surface area contributed by atoms with Gasteiger partial charge in [-0.15, -0.1) is 10.2 Å². The van der Waals surface area contributed by atoms with Crippen molar-refractivity contribution in [3.8, 4) is 0 Å². The molecule has 1 aliphatic heterocycles. The highest BCUT2D eigenvalue weighted by Crippen LogP contribution is 2.31. The summed E-state index contributed by atoms with van der Waals surface area (Å²) in [6.45, 7) is 2.11. The number of nitrogens with zero attached hydrogens (tertiary/aromatic N) is 3. The smallest absolute Gasteiger partial charge is 0.161 e. The average Bonchev–Trinajstić information content (AvgIpc) is 2.63. The zero-order valence-electron chi connectivity index (χ0n) is 13.4. The summed E-state index contributed by atoms with van der Waals surface area (Å²) in [4.78, 5) is 2.35. The van der Waals surface area contributed by atoms with E-state index in [-0.39, 0.29) is 0 Å². The third-order valence-electron chi connectivity index (χ3n) is 4.41. The summed E-state index contributed by atoms with van der Waals surface area (Å²) < 4.78 is 0. The van der Waals surface area contributed by atoms with Crippen LogP contribution in [-0.2, 0) is 0 Å². The molecule has 0 aliphatic carbocycles. The summed E-state index contributed by atoms with van der Waals surface area (Å²) in [5.41, 5.74) is 0.910. The van der Waals surface area contributed by atoms with E-state index in [9.17, 15) is 0 Å². The van der Waals surface area contributed by atoms with Crippen LogP contribution in [0, 0.1) is 0 Å². The summed E-state index contributed by atoms with van der Waals surface area (Å²) in [5.74, 6) is 1.75. The van der Waals surface area contributed by atoms with Crippen molar-refractivity contribution in [2.75, 3.05) is 23.3 Å². The maximum atomic E-state index is 6.07. The van der Waals surface area contributed by atoms with Gasteiger partial charge in [0.05, 0.1) is 0 Å². The molecule has 5 heteroatoms. The Bertz CT molecular complexity index is 859. The molecule has 0 radical (unpaired) electrons. The van der Waals surface area contributed by atoms with Gasteiger partial charge in [-0.25, -0.2) is 0 Å². The number of nitrogens with one attached hydrogen (secondary N) is 1. The van der Waals surface area contributed by atoms with Crippen LogP contribution in [0.15, 0.2) is 48.5 Å². The molecule has 4 nitrogen and oxygen atoms in total. The Hall–Kier alpha value is -2.33. The molecule has 122 valence electrons. The lowest BCUT2D eigenvalue weighted by Gasteiger charge is -2.28. The van der Waals surface area contributed by atoms with Gasteiger partial charge in [0.25, 0.3) is 0 Å². The van der Waals surface area contributed by atoms with Gasteiger partial charge >= 0.3 is 0 Å². The minimum atomic E-state index is 0.696. The first-order chi connectivity index (χ1) is 11.8. The van der Waals surface area contributed by atoms with E-state index in [1.165, 1.54) is 19.3 Å². The molecule has 1 aliphatic rings. The van der Waals surface area contributed by atoms with Gasteiger partial charge < -0.3 is 10.2 Å². The Morgan fingerprint density at radius 1 is 0.875 bits per heavy atom. The lowest BCUT2D eigenvalue weighted by Crippen LogP contribution is -2.30. The summed E-state index contributed by atoms with van der Waals surface area (Å²) in [6, 6.07) is 15.9. The van der Waals surface area contributed by atoms with Crippen molar-refractivity contribution in [3.63, 3.8) is 0 Å². The van der Waals surface area contributed by atoms with E-state index in [1.54, 1.807) is 0 Å². The largest absolute Gasteiger partial charge is 0.355 e. The molecule has 2 aromatic carbocycles. The van der Waals surface area contributed by atoms with Crippen molar-refractivity contribution in [3.05, 3.63) is 53.6 Å². The van der Waals surface area contributed by atoms with Gasteiger partial charge in [-0.3, -0.25) is 0 Å². The zero-order valence-corrected chi connectivity index (χ0v) is 14.1. The quantitative estimate of drug-likeness (QED) is 0.728. The van der Waals surface area contributed by atoms with Crippen LogP contribution in [0.1, 0.15) is 19.3 Å². The fourth-order valence-electron chi connectivity index (χ4n) is 3.22. The molecule has 1 fully saturated rings. The summed E-state index contributed by atoms with van der Waals surface area (Å²) >= 11 is 6.07. The lowest BCUT2D eigenvalue weighted by molar-refractivity contribution is 0.573. The van der Waals surface area contributed by atoms with Gasteiger partial charge in [0, 0.05) is 34.6 Å². The van der Waals surface area contributed by atoms with Gasteiger partial charge in [-0.1, -0.05) is 41.9 Å². The molecular weight excluding hydrogens is 320 g/mol. The average molecular weight is 339 g/mol. The number of halogens is 1. The second kappa shape index (κ2) is 6.65. The standard InChI is InChI=1S/C19H19ClN4/c20-14-7-6-8-15(13-14)21-18-16-9-2-3-10-17(16)19(23-22-18)24-11-4-1-5-12-24/h2-3,6-10,13H,1,4-5,11-12H2,(H,21,22). The molecule has 0 spiro atoms. The molecule has 0 saturated carbocycles. The van der Waals surface area contributed by atoms with Gasteiger partial charge in [0.15, 0.2) is 11.6 Å². The predicted molar refractivity (Wildman–Crippen MR) is 100 cm³/mol. The van der Waals surface area contributed by atoms with E-state index in [0.717, 1.165) is 41.2 Å². The van der Waals surface area contributed by atoms with E-state index in [4.69, 9.17) is 11.6 Å². The van der Waals surface area contributed by atoms with E-state index in [0.29, 0.717) is 5.02 Å². The second-order valence-electron chi connectivity index (χ2n) is 6.10. The fourth-order valence-corrected chi connectivity index (χ4v) is 3.41. The summed E-state index contributed by atoms with van der Waals surface area (Å²) in [7, 11) is 0. The van der Waals surface area contributed by atoms with Crippen LogP contribution in [0.3, 0.4) is 0 Å². The highest BCUT2D eigenvalue weighted by molar-refractivity contribution is 6.30. The SMILES string of the molecule is Clc1cccc(Nc2nnc(N3CCCCC3)c3ccccc23)c1. The highest BCUT2D eigenvalue weighted by Gasteiger charge is 2.17. The van der Waals surface area contributed by atoms with E-state index >= 15 is 0 Å². The number of rotatable bonds is 3. The maximum absolute atomic E-state index is 6.07. The molecule has 0 atom stereocenters. The molecule has 3 aromatic rings. The lowest BCUT2D eigenvalue weighted by atomic mass is 10.1. The van der Waals surface area contributed by atoms with Crippen LogP contribution >= 0.6 is 11.6 Å². The molecule has 2 heterocycles. The Balaban J connectivity index is 1.75. The first-order valence-corrected chi connectivity index (χ1v) is 8.72. The Labute approximate surface area is 146 Å². The van der Waals surface area contributed by atoms with E-state index < -0.39 is 0 Å². The number of fused-ring (bicyclic) bond motifs is 1. The number of hydrogen-bond donors (Lipinski definition) is 1. The molecule has 0 bridgehead atoms. The van der Waals surface area contributed by atoms with Crippen molar-refractivity contribution in [2.24, 2.45) is 0 Å². The van der Waals surface area contributed by atoms with Gasteiger partial charge in [0.2, 0.25) is 0 Å². The van der Waals surface area contributed by atoms with Crippen LogP contribution in [-0.4, -0.2) is 23.3 Å². The first kappa shape index (κ1) is 15.2. The van der Waals surface area contributed by atoms with Crippen LogP contribution in [0.4, 0.5) is 17.3 Å². The minimum Gasteiger partial charge on any atom is -0.355 e. The summed E-state index contributed by atoms with van der Waals surface area (Å²) in [6.07, 6.45) is 3.74. The van der Waals surface area contributed by atoms with Crippen LogP contribution in [0.5, 0.6) is 0 Å². The zero-order chi connectivity index (χ0) is 16.4. The number of hydrogen-bond acceptors (Lipinski definition) is 4. The van der Waals surface area contributed by atoms with Crippen LogP contribution < -0.4 is 10.2 Å². The minimum absolute atomic E-state index is 0.696. The van der Waals surface area contributed by atoms with Crippen molar-refractivity contribution < 1.29 is 0 Å². The molecule has 1 aromatic heterocycles. The third-order valence-corrected chi connectivity index (χ3v) is 4.65. The van der Waals surface area contributed by atoms with Crippen LogP contribution in [0.2, 0.25) is 5.02 Å². The van der Waals surface area contributed by atoms with Crippen molar-refractivity contribution >= 4 is 39.7 Å². The van der Waals surface area contributed by atoms with Gasteiger partial charge in [0.1, 0.15) is 0 Å². The Kier molecular flexibility index (Phi) is 4.22. The van der Waals surface area contributed by atoms with E-state index in [1.807, 2.05) is 30.3 Å². The molecular formula is C19H19ClN4. The highest BCUT2D eigenvalue weighted by atomic mass is 35.5. The molecule has 0 amide bonds. The number of aromatic nitrogens is 2. The molecule has 4 rings (SSSR count). The Morgan fingerprint density at radius 2 is 1.67 bits per heavy atom. The molecule has 1 N–H and O–H groups in total. The van der Waals surface area contributed by atoms with E-state index in [2.05, 4.69) is 38.6 Å².